The Morgan fingerprint density at radius 2 is 2.38 bits per heavy atom. The van der Waals surface area contributed by atoms with Gasteiger partial charge in [0.2, 0.25) is 0 Å². The Morgan fingerprint density at radius 3 is 3.00 bits per heavy atom. The predicted molar refractivity (Wildman–Crippen MR) is 70.6 cm³/mol. The van der Waals surface area contributed by atoms with Crippen molar-refractivity contribution in [3.63, 3.8) is 0 Å². The number of hydrogen-bond donors (Lipinski definition) is 3. The molecule has 3 unspecified atom stereocenters. The number of aryl methyl sites for hydroxylation is 1. The van der Waals surface area contributed by atoms with Crippen LogP contribution in [-0.4, -0.2) is 44.6 Å². The van der Waals surface area contributed by atoms with E-state index in [9.17, 15) is 19.8 Å². The van der Waals surface area contributed by atoms with E-state index in [2.05, 4.69) is 15.0 Å². The summed E-state index contributed by atoms with van der Waals surface area (Å²) in [5.41, 5.74) is 6.03. The molecule has 0 spiro atoms. The lowest BCUT2D eigenvalue weighted by molar-refractivity contribution is -0.122. The van der Waals surface area contributed by atoms with E-state index >= 15 is 0 Å². The smallest absolute Gasteiger partial charge is 0.330 e. The van der Waals surface area contributed by atoms with Crippen LogP contribution < -0.4 is 11.2 Å². The van der Waals surface area contributed by atoms with Crippen LogP contribution in [0.25, 0.3) is 10.4 Å². The summed E-state index contributed by atoms with van der Waals surface area (Å²) in [4.78, 5) is 27.8. The normalized spacial score (nSPS) is 28.3. The SMILES string of the molecule is Cc1cn(C2CC(O)C(CO)(CN=[N+]=[N-])O2)c(=O)[nH]c1=O. The Hall–Kier alpha value is -2.13. The second-order valence-electron chi connectivity index (χ2n) is 4.91. The highest BCUT2D eigenvalue weighted by atomic mass is 16.6. The number of nitrogens with zero attached hydrogens (tertiary/aromatic N) is 4. The van der Waals surface area contributed by atoms with Crippen LogP contribution in [0, 0.1) is 6.92 Å². The number of rotatable bonds is 4. The molecule has 0 amide bonds. The molecule has 114 valence electrons. The van der Waals surface area contributed by atoms with Crippen LogP contribution in [0.15, 0.2) is 20.9 Å². The molecule has 0 aliphatic carbocycles. The molecular weight excluding hydrogens is 282 g/mol. The molecule has 1 saturated heterocycles. The van der Waals surface area contributed by atoms with Gasteiger partial charge in [-0.25, -0.2) is 4.79 Å². The van der Waals surface area contributed by atoms with E-state index in [4.69, 9.17) is 10.3 Å². The van der Waals surface area contributed by atoms with Crippen molar-refractivity contribution < 1.29 is 14.9 Å². The summed E-state index contributed by atoms with van der Waals surface area (Å²) in [5, 5.41) is 22.8. The molecule has 10 nitrogen and oxygen atoms in total. The van der Waals surface area contributed by atoms with E-state index < -0.39 is 35.8 Å². The first-order valence-corrected chi connectivity index (χ1v) is 6.23. The lowest BCUT2D eigenvalue weighted by Crippen LogP contribution is -2.46. The molecule has 0 aromatic carbocycles. The third-order valence-corrected chi connectivity index (χ3v) is 3.53. The number of hydrogen-bond acceptors (Lipinski definition) is 6. The van der Waals surface area contributed by atoms with Gasteiger partial charge < -0.3 is 14.9 Å². The Bertz CT molecular complexity index is 691. The highest BCUT2D eigenvalue weighted by Crippen LogP contribution is 2.36. The van der Waals surface area contributed by atoms with Crippen LogP contribution in [-0.2, 0) is 4.74 Å². The van der Waals surface area contributed by atoms with Crippen molar-refractivity contribution >= 4 is 0 Å². The molecule has 2 rings (SSSR count). The third kappa shape index (κ3) is 2.69. The van der Waals surface area contributed by atoms with Crippen molar-refractivity contribution in [2.24, 2.45) is 5.11 Å². The van der Waals surface area contributed by atoms with Crippen LogP contribution >= 0.6 is 0 Å². The van der Waals surface area contributed by atoms with Gasteiger partial charge >= 0.3 is 5.69 Å². The molecule has 1 aromatic rings. The number of nitrogens with one attached hydrogen (secondary N) is 1. The van der Waals surface area contributed by atoms with Gasteiger partial charge in [-0.15, -0.1) is 0 Å². The molecule has 21 heavy (non-hydrogen) atoms. The fourth-order valence-corrected chi connectivity index (χ4v) is 2.26. The Labute approximate surface area is 118 Å². The number of aromatic nitrogens is 2. The molecule has 1 fully saturated rings. The Morgan fingerprint density at radius 1 is 1.67 bits per heavy atom. The number of aliphatic hydroxyl groups is 2. The van der Waals surface area contributed by atoms with Crippen molar-refractivity contribution in [3.8, 4) is 0 Å². The predicted octanol–water partition coefficient (Wildman–Crippen LogP) is -0.834. The van der Waals surface area contributed by atoms with Crippen LogP contribution in [0.2, 0.25) is 0 Å². The van der Waals surface area contributed by atoms with Crippen molar-refractivity contribution in [2.75, 3.05) is 13.2 Å². The lowest BCUT2D eigenvalue weighted by atomic mass is 9.98. The summed E-state index contributed by atoms with van der Waals surface area (Å²) in [6, 6.07) is 0. The van der Waals surface area contributed by atoms with Crippen molar-refractivity contribution in [3.05, 3.63) is 43.0 Å². The van der Waals surface area contributed by atoms with E-state index in [1.54, 1.807) is 0 Å². The maximum atomic E-state index is 11.8. The van der Waals surface area contributed by atoms with E-state index in [-0.39, 0.29) is 13.0 Å². The van der Waals surface area contributed by atoms with E-state index in [1.807, 2.05) is 0 Å². The van der Waals surface area contributed by atoms with Crippen LogP contribution in [0.5, 0.6) is 0 Å². The van der Waals surface area contributed by atoms with Crippen LogP contribution in [0.1, 0.15) is 18.2 Å². The fraction of sp³-hybridized carbons (Fsp3) is 0.636. The Balaban J connectivity index is 2.36. The zero-order valence-electron chi connectivity index (χ0n) is 11.3. The quantitative estimate of drug-likeness (QED) is 0.376. The van der Waals surface area contributed by atoms with E-state index in [0.717, 1.165) is 4.57 Å². The molecule has 1 aliphatic heterocycles. The maximum absolute atomic E-state index is 11.8. The summed E-state index contributed by atoms with van der Waals surface area (Å²) in [6.07, 6.45) is -0.645. The fourth-order valence-electron chi connectivity index (χ4n) is 2.26. The monoisotopic (exact) mass is 297 g/mol. The molecule has 3 atom stereocenters. The number of H-pyrrole nitrogens is 1. The minimum absolute atomic E-state index is 0.0207. The highest BCUT2D eigenvalue weighted by molar-refractivity contribution is 5.04. The summed E-state index contributed by atoms with van der Waals surface area (Å²) < 4.78 is 6.68. The van der Waals surface area contributed by atoms with Crippen LogP contribution in [0.3, 0.4) is 0 Å². The first-order chi connectivity index (χ1) is 9.93. The summed E-state index contributed by atoms with van der Waals surface area (Å²) >= 11 is 0. The average Bonchev–Trinajstić information content (AvgIpc) is 2.78. The van der Waals surface area contributed by atoms with Crippen molar-refractivity contribution in [2.45, 2.75) is 31.3 Å². The first-order valence-electron chi connectivity index (χ1n) is 6.23. The summed E-state index contributed by atoms with van der Waals surface area (Å²) in [5.74, 6) is 0. The van der Waals surface area contributed by atoms with Crippen molar-refractivity contribution in [1.82, 2.24) is 9.55 Å². The van der Waals surface area contributed by atoms with Gasteiger partial charge in [0.1, 0.15) is 11.8 Å². The zero-order chi connectivity index (χ0) is 15.6. The molecule has 0 bridgehead atoms. The van der Waals surface area contributed by atoms with Crippen LogP contribution in [0.4, 0.5) is 0 Å². The van der Waals surface area contributed by atoms with Gasteiger partial charge in [-0.3, -0.25) is 14.3 Å². The minimum Gasteiger partial charge on any atom is -0.393 e. The minimum atomic E-state index is -1.46. The maximum Gasteiger partial charge on any atom is 0.330 e. The summed E-state index contributed by atoms with van der Waals surface area (Å²) in [7, 11) is 0. The van der Waals surface area contributed by atoms with Crippen molar-refractivity contribution in [1.29, 1.82) is 0 Å². The van der Waals surface area contributed by atoms with Gasteiger partial charge in [0.05, 0.1) is 19.3 Å². The molecule has 1 aromatic heterocycles. The first kappa shape index (κ1) is 15.3. The number of azide groups is 1. The highest BCUT2D eigenvalue weighted by Gasteiger charge is 2.48. The standard InChI is InChI=1S/C11H15N5O5/c1-6-3-16(10(20)14-9(6)19)8-2-7(18)11(5-17,21-8)4-13-15-12/h3,7-8,17-18H,2,4-5H2,1H3,(H,14,19,20). The lowest BCUT2D eigenvalue weighted by Gasteiger charge is -2.28. The second-order valence-corrected chi connectivity index (χ2v) is 4.91. The van der Waals surface area contributed by atoms with E-state index in [1.165, 1.54) is 13.1 Å². The topological polar surface area (TPSA) is 153 Å². The zero-order valence-corrected chi connectivity index (χ0v) is 11.3. The number of aliphatic hydroxyl groups excluding tert-OH is 2. The Kier molecular flexibility index (Phi) is 4.14. The van der Waals surface area contributed by atoms with Gasteiger partial charge in [0.15, 0.2) is 0 Å². The average molecular weight is 297 g/mol. The largest absolute Gasteiger partial charge is 0.393 e. The molecule has 1 aliphatic rings. The van der Waals surface area contributed by atoms with Gasteiger partial charge in [-0.05, 0) is 12.5 Å². The molecule has 3 N–H and O–H groups in total. The molecule has 10 heteroatoms. The number of ether oxygens (including phenoxy) is 1. The second kappa shape index (κ2) is 5.70. The molecular formula is C11H15N5O5. The third-order valence-electron chi connectivity index (χ3n) is 3.53. The molecule has 0 radical (unpaired) electrons. The molecule has 0 saturated carbocycles. The van der Waals surface area contributed by atoms with E-state index in [0.29, 0.717) is 5.56 Å². The van der Waals surface area contributed by atoms with Gasteiger partial charge in [0, 0.05) is 23.1 Å². The number of aromatic amines is 1. The van der Waals surface area contributed by atoms with Gasteiger partial charge in [0.25, 0.3) is 5.56 Å². The van der Waals surface area contributed by atoms with Gasteiger partial charge in [-0.2, -0.15) is 0 Å². The van der Waals surface area contributed by atoms with Gasteiger partial charge in [-0.1, -0.05) is 5.11 Å². The molecule has 2 heterocycles. The summed E-state index contributed by atoms with van der Waals surface area (Å²) in [6.45, 7) is 0.689.